The molecule has 0 bridgehead atoms. The number of benzene rings is 1. The second-order valence-corrected chi connectivity index (χ2v) is 7.27. The molecule has 128 valence electrons. The van der Waals surface area contributed by atoms with Crippen LogP contribution in [0.1, 0.15) is 31.4 Å². The smallest absolute Gasteiger partial charge is 0.280 e. The maximum Gasteiger partial charge on any atom is 0.280 e. The van der Waals surface area contributed by atoms with Gasteiger partial charge in [-0.2, -0.15) is 17.4 Å². The Morgan fingerprint density at radius 1 is 1.48 bits per heavy atom. The van der Waals surface area contributed by atoms with Gasteiger partial charge in [0.05, 0.1) is 13.2 Å². The number of hydrogen-bond acceptors (Lipinski definition) is 4. The molecule has 1 aromatic carbocycles. The number of carbonyl (C=O) groups is 1. The van der Waals surface area contributed by atoms with Gasteiger partial charge in [0.25, 0.3) is 10.2 Å². The van der Waals surface area contributed by atoms with Gasteiger partial charge in [-0.1, -0.05) is 19.1 Å². The molecule has 1 aromatic rings. The van der Waals surface area contributed by atoms with Crippen LogP contribution in [0.5, 0.6) is 5.75 Å². The second kappa shape index (κ2) is 7.29. The fourth-order valence-corrected chi connectivity index (χ4v) is 3.83. The van der Waals surface area contributed by atoms with Crippen molar-refractivity contribution < 1.29 is 17.9 Å². The topological polar surface area (TPSA) is 87.7 Å². The number of nitrogens with zero attached hydrogens (tertiary/aromatic N) is 1. The first-order valence-electron chi connectivity index (χ1n) is 7.56. The fraction of sp³-hybridized carbons (Fsp3) is 0.533. The fourth-order valence-electron chi connectivity index (χ4n) is 2.55. The molecule has 1 aliphatic rings. The molecule has 1 aliphatic heterocycles. The van der Waals surface area contributed by atoms with Crippen LogP contribution in [0, 0.1) is 0 Å². The molecular formula is C15H23N3O4S. The molecule has 2 atom stereocenters. The van der Waals surface area contributed by atoms with Crippen LogP contribution in [0.3, 0.4) is 0 Å². The Labute approximate surface area is 137 Å². The highest BCUT2D eigenvalue weighted by Crippen LogP contribution is 2.29. The molecule has 0 radical (unpaired) electrons. The van der Waals surface area contributed by atoms with E-state index >= 15 is 0 Å². The quantitative estimate of drug-likeness (QED) is 0.829. The zero-order valence-electron chi connectivity index (χ0n) is 13.6. The van der Waals surface area contributed by atoms with E-state index in [0.717, 1.165) is 16.3 Å². The van der Waals surface area contributed by atoms with Gasteiger partial charge < -0.3 is 10.1 Å². The number of nitrogens with one attached hydrogen (secondary N) is 2. The van der Waals surface area contributed by atoms with Gasteiger partial charge in [0.15, 0.2) is 0 Å². The number of likely N-dealkylation sites (N-methyl/N-ethyl adjacent to an activating group) is 1. The Morgan fingerprint density at radius 2 is 2.22 bits per heavy atom. The average Bonchev–Trinajstić information content (AvgIpc) is 2.54. The molecule has 2 unspecified atom stereocenters. The third-order valence-electron chi connectivity index (χ3n) is 3.92. The lowest BCUT2D eigenvalue weighted by molar-refractivity contribution is -0.125. The molecule has 8 heteroatoms. The molecule has 7 nitrogen and oxygen atoms in total. The Hall–Kier alpha value is -1.64. The first-order chi connectivity index (χ1) is 10.9. The molecule has 1 saturated heterocycles. The van der Waals surface area contributed by atoms with E-state index in [2.05, 4.69) is 10.0 Å². The van der Waals surface area contributed by atoms with Crippen LogP contribution in [0.4, 0.5) is 0 Å². The summed E-state index contributed by atoms with van der Waals surface area (Å²) in [5.74, 6) is 0.375. The van der Waals surface area contributed by atoms with E-state index in [0.29, 0.717) is 18.7 Å². The zero-order chi connectivity index (χ0) is 17.0. The van der Waals surface area contributed by atoms with Gasteiger partial charge in [0.2, 0.25) is 5.91 Å². The molecule has 0 spiro atoms. The Morgan fingerprint density at radius 3 is 2.87 bits per heavy atom. The predicted molar refractivity (Wildman–Crippen MR) is 87.3 cm³/mol. The van der Waals surface area contributed by atoms with Crippen molar-refractivity contribution >= 4 is 16.1 Å². The van der Waals surface area contributed by atoms with Crippen molar-refractivity contribution in [1.29, 1.82) is 0 Å². The van der Waals surface area contributed by atoms with Crippen molar-refractivity contribution in [3.63, 3.8) is 0 Å². The lowest BCUT2D eigenvalue weighted by Gasteiger charge is -2.36. The van der Waals surface area contributed by atoms with Gasteiger partial charge in [-0.15, -0.1) is 0 Å². The van der Waals surface area contributed by atoms with Crippen LogP contribution < -0.4 is 14.8 Å². The zero-order valence-corrected chi connectivity index (χ0v) is 14.4. The molecule has 1 amide bonds. The Balaban J connectivity index is 2.26. The second-order valence-electron chi connectivity index (χ2n) is 5.51. The minimum atomic E-state index is -3.72. The van der Waals surface area contributed by atoms with Crippen molar-refractivity contribution in [2.75, 3.05) is 20.7 Å². The third kappa shape index (κ3) is 4.01. The first-order valence-corrected chi connectivity index (χ1v) is 9.00. The van der Waals surface area contributed by atoms with E-state index in [4.69, 9.17) is 4.74 Å². The Kier molecular flexibility index (Phi) is 5.61. The summed E-state index contributed by atoms with van der Waals surface area (Å²) in [7, 11) is -0.744. The predicted octanol–water partition coefficient (Wildman–Crippen LogP) is 0.801. The molecule has 0 saturated carbocycles. The third-order valence-corrected chi connectivity index (χ3v) is 5.51. The van der Waals surface area contributed by atoms with E-state index < -0.39 is 22.3 Å². The molecule has 1 fully saturated rings. The number of hydrogen-bond donors (Lipinski definition) is 2. The van der Waals surface area contributed by atoms with Crippen LogP contribution >= 0.6 is 0 Å². The normalized spacial score (nSPS) is 24.1. The van der Waals surface area contributed by atoms with E-state index in [1.165, 1.54) is 7.05 Å². The van der Waals surface area contributed by atoms with E-state index in [9.17, 15) is 13.2 Å². The summed E-state index contributed by atoms with van der Waals surface area (Å²) in [6.07, 6.45) is 1.16. The molecule has 0 aromatic heterocycles. The molecule has 2 rings (SSSR count). The van der Waals surface area contributed by atoms with Crippen LogP contribution in [0.25, 0.3) is 0 Å². The lowest BCUT2D eigenvalue weighted by atomic mass is 9.99. The molecule has 23 heavy (non-hydrogen) atoms. The van der Waals surface area contributed by atoms with Gasteiger partial charge in [-0.25, -0.2) is 0 Å². The van der Waals surface area contributed by atoms with Crippen molar-refractivity contribution in [3.8, 4) is 5.75 Å². The highest BCUT2D eigenvalue weighted by Gasteiger charge is 2.40. The SMILES string of the molecule is CCCNC(=O)C1CC(c2cccc(OC)c2)NS(=O)(=O)N1C. The van der Waals surface area contributed by atoms with Crippen LogP contribution in [0.15, 0.2) is 24.3 Å². The molecule has 1 heterocycles. The highest BCUT2D eigenvalue weighted by molar-refractivity contribution is 7.87. The van der Waals surface area contributed by atoms with Gasteiger partial charge >= 0.3 is 0 Å². The van der Waals surface area contributed by atoms with Gasteiger partial charge in [-0.3, -0.25) is 4.79 Å². The van der Waals surface area contributed by atoms with Gasteiger partial charge in [0, 0.05) is 13.6 Å². The Bertz CT molecular complexity index is 662. The van der Waals surface area contributed by atoms with Crippen molar-refractivity contribution in [1.82, 2.24) is 14.3 Å². The summed E-state index contributed by atoms with van der Waals surface area (Å²) in [5, 5.41) is 2.77. The van der Waals surface area contributed by atoms with Gasteiger partial charge in [0.1, 0.15) is 11.8 Å². The molecule has 0 aliphatic carbocycles. The number of ether oxygens (including phenoxy) is 1. The number of methoxy groups -OCH3 is 1. The van der Waals surface area contributed by atoms with Crippen LogP contribution in [0.2, 0.25) is 0 Å². The molecular weight excluding hydrogens is 318 g/mol. The minimum absolute atomic E-state index is 0.271. The summed E-state index contributed by atoms with van der Waals surface area (Å²) in [6, 6.07) is 5.99. The van der Waals surface area contributed by atoms with Crippen molar-refractivity contribution in [2.45, 2.75) is 31.8 Å². The summed E-state index contributed by atoms with van der Waals surface area (Å²) >= 11 is 0. The average molecular weight is 341 g/mol. The van der Waals surface area contributed by atoms with Gasteiger partial charge in [-0.05, 0) is 30.5 Å². The van der Waals surface area contributed by atoms with Crippen molar-refractivity contribution in [3.05, 3.63) is 29.8 Å². The summed E-state index contributed by atoms with van der Waals surface area (Å²) in [6.45, 7) is 2.47. The first kappa shape index (κ1) is 17.7. The standard InChI is InChI=1S/C15H23N3O4S/c1-4-8-16-15(19)14-10-13(17-23(20,21)18(14)2)11-6-5-7-12(9-11)22-3/h5-7,9,13-14,17H,4,8,10H2,1-3H3,(H,16,19). The number of rotatable bonds is 5. The number of amides is 1. The van der Waals surface area contributed by atoms with Crippen LogP contribution in [-0.2, 0) is 15.0 Å². The highest BCUT2D eigenvalue weighted by atomic mass is 32.2. The number of carbonyl (C=O) groups excluding carboxylic acids is 1. The van der Waals surface area contributed by atoms with E-state index in [1.807, 2.05) is 13.0 Å². The molecule has 2 N–H and O–H groups in total. The minimum Gasteiger partial charge on any atom is -0.497 e. The van der Waals surface area contributed by atoms with Crippen molar-refractivity contribution in [2.24, 2.45) is 0 Å². The lowest BCUT2D eigenvalue weighted by Crippen LogP contribution is -2.57. The summed E-state index contributed by atoms with van der Waals surface area (Å²) in [4.78, 5) is 12.3. The summed E-state index contributed by atoms with van der Waals surface area (Å²) in [5.41, 5.74) is 0.773. The van der Waals surface area contributed by atoms with E-state index in [-0.39, 0.29) is 5.91 Å². The maximum atomic E-state index is 12.3. The maximum absolute atomic E-state index is 12.3. The van der Waals surface area contributed by atoms with Crippen LogP contribution in [-0.4, -0.2) is 45.4 Å². The summed E-state index contributed by atoms with van der Waals surface area (Å²) < 4.78 is 33.5. The van der Waals surface area contributed by atoms with E-state index in [1.54, 1.807) is 25.3 Å². The largest absolute Gasteiger partial charge is 0.497 e. The monoisotopic (exact) mass is 341 g/mol.